The maximum absolute atomic E-state index is 10.2. The van der Waals surface area contributed by atoms with E-state index in [0.717, 1.165) is 30.9 Å². The van der Waals surface area contributed by atoms with Gasteiger partial charge in [0, 0.05) is 4.11 Å². The van der Waals surface area contributed by atoms with Gasteiger partial charge in [-0.25, -0.2) is 0 Å². The Hall–Kier alpha value is -0.820. The first-order valence-corrected chi connectivity index (χ1v) is 5.79. The van der Waals surface area contributed by atoms with E-state index in [4.69, 9.17) is 4.11 Å². The summed E-state index contributed by atoms with van der Waals surface area (Å²) in [6.45, 7) is 7.31. The molecule has 0 bridgehead atoms. The first-order valence-electron chi connectivity index (χ1n) is 7.29. The Labute approximate surface area is 104 Å². The fourth-order valence-corrected chi connectivity index (χ4v) is 2.29. The van der Waals surface area contributed by atoms with E-state index in [0.29, 0.717) is 0 Å². The summed E-state index contributed by atoms with van der Waals surface area (Å²) in [7, 11) is 0. The number of aliphatic hydroxyl groups is 1. The molecule has 1 heteroatoms. The molecule has 0 aliphatic heterocycles. The van der Waals surface area contributed by atoms with Gasteiger partial charge in [-0.1, -0.05) is 38.2 Å². The van der Waals surface area contributed by atoms with Gasteiger partial charge in [-0.2, -0.15) is 0 Å². The average Bonchev–Trinajstić information content (AvgIpc) is 2.25. The Kier molecular flexibility index (Phi) is 2.65. The van der Waals surface area contributed by atoms with Gasteiger partial charge in [0.05, 0.1) is 5.60 Å². The minimum Gasteiger partial charge on any atom is -0.382 e. The molecule has 1 aliphatic carbocycles. The summed E-state index contributed by atoms with van der Waals surface area (Å²) in [4.78, 5) is 0. The Morgan fingerprint density at radius 2 is 2.25 bits per heavy atom. The van der Waals surface area contributed by atoms with Crippen LogP contribution >= 0.6 is 0 Å². The molecule has 1 N–H and O–H groups in total. The Balaban J connectivity index is 3.13. The van der Waals surface area contributed by atoms with Crippen molar-refractivity contribution >= 4 is 0 Å². The molecule has 0 saturated heterocycles. The highest BCUT2D eigenvalue weighted by Gasteiger charge is 2.27. The first kappa shape index (κ1) is 9.23. The number of hydrogen-bond acceptors (Lipinski definition) is 1. The molecule has 1 nitrogen and oxygen atoms in total. The van der Waals surface area contributed by atoms with Crippen LogP contribution in [0.25, 0.3) is 0 Å². The van der Waals surface area contributed by atoms with Crippen molar-refractivity contribution in [3.8, 4) is 0 Å². The van der Waals surface area contributed by atoms with Crippen LogP contribution in [0.4, 0.5) is 0 Å². The molecule has 0 aromatic heterocycles. The van der Waals surface area contributed by atoms with Gasteiger partial charge in [0.15, 0.2) is 0 Å². The Morgan fingerprint density at radius 1 is 1.56 bits per heavy atom. The molecule has 0 saturated carbocycles. The van der Waals surface area contributed by atoms with Crippen molar-refractivity contribution in [3.05, 3.63) is 36.0 Å². The van der Waals surface area contributed by atoms with Gasteiger partial charge in [0.2, 0.25) is 0 Å². The maximum atomic E-state index is 10.2. The van der Waals surface area contributed by atoms with Crippen LogP contribution in [0.5, 0.6) is 0 Å². The van der Waals surface area contributed by atoms with E-state index in [1.54, 1.807) is 6.08 Å². The Bertz CT molecular complexity index is 416. The lowest BCUT2D eigenvalue weighted by Crippen LogP contribution is -2.21. The predicted octanol–water partition coefficient (Wildman–Crippen LogP) is 4.01. The molecule has 1 aliphatic rings. The lowest BCUT2D eigenvalue weighted by molar-refractivity contribution is 0.164. The summed E-state index contributed by atoms with van der Waals surface area (Å²) >= 11 is 0. The van der Waals surface area contributed by atoms with Crippen molar-refractivity contribution in [1.82, 2.24) is 0 Å². The van der Waals surface area contributed by atoms with Crippen LogP contribution in [0, 0.1) is 5.41 Å². The predicted molar refractivity (Wildman–Crippen MR) is 70.3 cm³/mol. The monoisotopic (exact) mass is 223 g/mol. The van der Waals surface area contributed by atoms with Crippen LogP contribution in [-0.2, 0) is 0 Å². The van der Waals surface area contributed by atoms with E-state index in [2.05, 4.69) is 27.4 Å². The second-order valence-electron chi connectivity index (χ2n) is 5.29. The zero-order valence-corrected chi connectivity index (χ0v) is 10.5. The second-order valence-corrected chi connectivity index (χ2v) is 5.29. The van der Waals surface area contributed by atoms with Crippen LogP contribution in [0.15, 0.2) is 36.0 Å². The summed E-state index contributed by atoms with van der Waals surface area (Å²) in [5.41, 5.74) is 0.455. The lowest BCUT2D eigenvalue weighted by atomic mass is 9.72. The molecule has 1 rings (SSSR count). The van der Waals surface area contributed by atoms with E-state index in [1.165, 1.54) is 11.6 Å². The third-order valence-electron chi connectivity index (χ3n) is 3.36. The number of hydrogen-bond donors (Lipinski definition) is 1. The topological polar surface area (TPSA) is 20.2 Å². The van der Waals surface area contributed by atoms with E-state index >= 15 is 0 Å². The summed E-state index contributed by atoms with van der Waals surface area (Å²) in [5, 5.41) is 10.2. The second kappa shape index (κ2) is 4.58. The zero-order valence-electron chi connectivity index (χ0n) is 13.5. The van der Waals surface area contributed by atoms with E-state index < -0.39 is 12.5 Å². The van der Waals surface area contributed by atoms with Gasteiger partial charge < -0.3 is 5.11 Å². The van der Waals surface area contributed by atoms with Crippen LogP contribution < -0.4 is 0 Å². The molecule has 0 amide bonds. The van der Waals surface area contributed by atoms with Gasteiger partial charge in [0.25, 0.3) is 0 Å². The van der Waals surface area contributed by atoms with Crippen LogP contribution in [0.2, 0.25) is 0 Å². The van der Waals surface area contributed by atoms with Gasteiger partial charge in [-0.15, -0.1) is 0 Å². The fraction of sp³-hybridized carbons (Fsp3) is 0.600. The van der Waals surface area contributed by atoms with Gasteiger partial charge in [0.1, 0.15) is 0 Å². The molecular formula is C15H24O. The van der Waals surface area contributed by atoms with Crippen LogP contribution in [0.3, 0.4) is 0 Å². The molecule has 90 valence electrons. The fourth-order valence-electron chi connectivity index (χ4n) is 2.29. The van der Waals surface area contributed by atoms with Crippen molar-refractivity contribution in [3.63, 3.8) is 0 Å². The van der Waals surface area contributed by atoms with Crippen molar-refractivity contribution in [2.45, 2.75) is 52.5 Å². The normalized spacial score (nSPS) is 28.1. The van der Waals surface area contributed by atoms with Gasteiger partial charge in [-0.05, 0) is 50.1 Å². The zero-order chi connectivity index (χ0) is 14.9. The standard InChI is InChI=1S/C15H24O/c1-6-15(5,16)11-9-13-12(2)8-7-10-14(13,3)4/h6,9,11,16H,1,7-8,10H2,2-5H3/b11-9+/i5D3. The van der Waals surface area contributed by atoms with E-state index in [9.17, 15) is 5.11 Å². The van der Waals surface area contributed by atoms with Crippen molar-refractivity contribution in [1.29, 1.82) is 0 Å². The number of rotatable bonds is 3. The molecule has 16 heavy (non-hydrogen) atoms. The smallest absolute Gasteiger partial charge is 0.0981 e. The summed E-state index contributed by atoms with van der Waals surface area (Å²) in [5.74, 6) is 0. The lowest BCUT2D eigenvalue weighted by Gasteiger charge is -2.33. The number of allylic oxidation sites excluding steroid dienone is 3. The molecule has 0 spiro atoms. The molecule has 0 heterocycles. The quantitative estimate of drug-likeness (QED) is 0.717. The molecule has 0 aromatic carbocycles. The highest BCUT2D eigenvalue weighted by molar-refractivity contribution is 5.34. The molecule has 0 fully saturated rings. The SMILES string of the molecule is [2H]C([2H])([2H])C(O)(C=C)/C=C/C1=C(C)CCCC1(C)C. The van der Waals surface area contributed by atoms with Gasteiger partial charge in [-0.3, -0.25) is 0 Å². The molecule has 0 radical (unpaired) electrons. The van der Waals surface area contributed by atoms with Crippen molar-refractivity contribution in [2.75, 3.05) is 0 Å². The minimum absolute atomic E-state index is 0.0235. The van der Waals surface area contributed by atoms with E-state index in [1.807, 2.05) is 0 Å². The highest BCUT2D eigenvalue weighted by atomic mass is 16.3. The third-order valence-corrected chi connectivity index (χ3v) is 3.36. The van der Waals surface area contributed by atoms with Gasteiger partial charge >= 0.3 is 0 Å². The largest absolute Gasteiger partial charge is 0.382 e. The Morgan fingerprint density at radius 3 is 2.75 bits per heavy atom. The molecule has 1 atom stereocenters. The van der Waals surface area contributed by atoms with Crippen LogP contribution in [-0.4, -0.2) is 10.7 Å². The summed E-state index contributed by atoms with van der Waals surface area (Å²) < 4.78 is 22.2. The van der Waals surface area contributed by atoms with Crippen LogP contribution in [0.1, 0.15) is 51.0 Å². The molecule has 0 aromatic rings. The third kappa shape index (κ3) is 3.08. The molecule has 1 unspecified atom stereocenters. The summed E-state index contributed by atoms with van der Waals surface area (Å²) in [6.07, 6.45) is 7.47. The average molecular weight is 223 g/mol. The minimum atomic E-state index is -2.50. The maximum Gasteiger partial charge on any atom is 0.0981 e. The highest BCUT2D eigenvalue weighted by Crippen LogP contribution is 2.40. The summed E-state index contributed by atoms with van der Waals surface area (Å²) in [6, 6.07) is 0. The first-order chi connectivity index (χ1) is 8.53. The molecular weight excluding hydrogens is 196 g/mol. The van der Waals surface area contributed by atoms with E-state index in [-0.39, 0.29) is 5.41 Å². The van der Waals surface area contributed by atoms with Crippen molar-refractivity contribution < 1.29 is 9.22 Å². The van der Waals surface area contributed by atoms with Crippen molar-refractivity contribution in [2.24, 2.45) is 5.41 Å².